The van der Waals surface area contributed by atoms with Gasteiger partial charge in [-0.1, -0.05) is 60.7 Å². The number of carboxylic acid groups (broad SMARTS) is 2. The smallest absolute Gasteiger partial charge is 0.550 e. The minimum Gasteiger partial charge on any atom is -0.550 e. The Labute approximate surface area is 432 Å². The third-order valence-electron chi connectivity index (χ3n) is 12.2. The molecule has 0 bridgehead atoms. The molecule has 0 aliphatic heterocycles. The van der Waals surface area contributed by atoms with E-state index in [0.717, 1.165) is 104 Å². The maximum Gasteiger partial charge on any atom is 2.00 e. The maximum atomic E-state index is 10.7. The molecule has 0 spiro atoms. The summed E-state index contributed by atoms with van der Waals surface area (Å²) < 4.78 is 10.6. The Hall–Kier alpha value is -5.58. The zero-order valence-corrected chi connectivity index (χ0v) is 41.6. The van der Waals surface area contributed by atoms with E-state index in [9.17, 15) is 40.2 Å². The van der Waals surface area contributed by atoms with Crippen molar-refractivity contribution in [3.63, 3.8) is 0 Å². The molecule has 6 aromatic rings. The number of aliphatic carboxylic acids is 2. The van der Waals surface area contributed by atoms with Gasteiger partial charge >= 0.3 is 37.7 Å². The zero-order chi connectivity index (χ0) is 48.5. The van der Waals surface area contributed by atoms with Crippen LogP contribution in [0.1, 0.15) is 85.7 Å². The van der Waals surface area contributed by atoms with Crippen LogP contribution >= 0.6 is 0 Å². The van der Waals surface area contributed by atoms with Crippen LogP contribution in [0, 0.1) is 0 Å². The molecule has 2 aliphatic carbocycles. The molecule has 0 saturated heterocycles. The van der Waals surface area contributed by atoms with Crippen molar-refractivity contribution >= 4 is 106 Å². The third-order valence-corrected chi connectivity index (χ3v) is 12.2. The molecular weight excluding hydrogens is 905 g/mol. The van der Waals surface area contributed by atoms with Crippen LogP contribution in [0.25, 0.3) is 34.0 Å². The molecule has 0 unspecified atom stereocenters. The van der Waals surface area contributed by atoms with Gasteiger partial charge in [0.2, 0.25) is 0 Å². The van der Waals surface area contributed by atoms with E-state index in [0.29, 0.717) is 11.8 Å². The Bertz CT molecular complexity index is 2570. The van der Waals surface area contributed by atoms with Crippen LogP contribution in [0.3, 0.4) is 0 Å². The number of carbonyl (C=O) groups excluding carboxylic acids is 2. The first kappa shape index (κ1) is 52.8. The molecule has 4 aromatic carbocycles. The van der Waals surface area contributed by atoms with Crippen molar-refractivity contribution in [2.45, 2.75) is 87.6 Å². The van der Waals surface area contributed by atoms with Crippen molar-refractivity contribution in [2.24, 2.45) is 0 Å². The van der Waals surface area contributed by atoms with E-state index < -0.39 is 49.2 Å². The van der Waals surface area contributed by atoms with Gasteiger partial charge in [0.25, 0.3) is 0 Å². The molecule has 356 valence electrons. The van der Waals surface area contributed by atoms with Gasteiger partial charge in [0.15, 0.2) is 0 Å². The number of carbonyl (C=O) groups is 2. The van der Waals surface area contributed by atoms with Crippen LogP contribution in [-0.2, 0) is 9.59 Å². The van der Waals surface area contributed by atoms with Crippen LogP contribution in [0.4, 0.5) is 22.7 Å². The number of methoxy groups -OCH3 is 2. The second-order valence-corrected chi connectivity index (χ2v) is 17.4. The number of para-hydroxylation sites is 2. The minimum atomic E-state index is -1.35. The number of ether oxygens (including phenoxy) is 2. The van der Waals surface area contributed by atoms with Gasteiger partial charge in [-0.25, -0.2) is 0 Å². The number of aromatic nitrogens is 2. The number of benzene rings is 4. The van der Waals surface area contributed by atoms with Gasteiger partial charge in [0.05, 0.1) is 72.4 Å². The monoisotopic (exact) mass is 962 g/mol. The zero-order valence-electron chi connectivity index (χ0n) is 39.4. The number of anilines is 4. The summed E-state index contributed by atoms with van der Waals surface area (Å²) in [6.45, 7) is 0. The fourth-order valence-electron chi connectivity index (χ4n) is 8.39. The molecule has 0 radical (unpaired) electrons. The summed E-state index contributed by atoms with van der Waals surface area (Å²) in [4.78, 5) is 35.6. The van der Waals surface area contributed by atoms with Gasteiger partial charge < -0.3 is 59.5 Å². The number of hydrogen-bond acceptors (Lipinski definition) is 14. The van der Waals surface area contributed by atoms with Crippen molar-refractivity contribution in [3.05, 3.63) is 132 Å². The number of rotatable bonds is 20. The van der Waals surface area contributed by atoms with E-state index in [1.807, 2.05) is 123 Å². The van der Waals surface area contributed by atoms with E-state index in [1.165, 1.54) is 0 Å². The maximum absolute atomic E-state index is 10.7. The Balaban J connectivity index is 0.000000224. The van der Waals surface area contributed by atoms with Crippen LogP contribution in [0.2, 0.25) is 0 Å². The van der Waals surface area contributed by atoms with Crippen molar-refractivity contribution in [1.29, 1.82) is 0 Å². The number of aliphatic hydroxyl groups is 4. The van der Waals surface area contributed by atoms with Gasteiger partial charge in [0.1, 0.15) is 11.5 Å². The second-order valence-electron chi connectivity index (χ2n) is 17.4. The SMILES string of the molecule is COc1ccc(N(C)c2c(/C=C/[C@@H](O)C[C@@H](O)CC(=O)[O-])c(C3CC3)nc3ccccc23)cc1.COc1ccc(N(C)c2c(/C=C/[C@@H](O)C[C@@H](O)CC(=O)[O-])c(C3CC3)nc3ccccc23)cc1.[Ca+2]. The first-order valence-corrected chi connectivity index (χ1v) is 22.8. The second kappa shape index (κ2) is 24.3. The molecule has 4 atom stereocenters. The molecule has 8 rings (SSSR count). The van der Waals surface area contributed by atoms with E-state index in [-0.39, 0.29) is 50.6 Å². The molecule has 2 heterocycles. The molecule has 2 saturated carbocycles. The van der Waals surface area contributed by atoms with E-state index in [1.54, 1.807) is 26.4 Å². The Morgan fingerprint density at radius 3 is 1.28 bits per heavy atom. The summed E-state index contributed by atoms with van der Waals surface area (Å²) in [5.74, 6) is -0.438. The fraction of sp³-hybridized carbons (Fsp3) is 0.333. The minimum absolute atomic E-state index is 0. The van der Waals surface area contributed by atoms with Gasteiger partial charge in [-0.2, -0.15) is 0 Å². The number of hydrogen-bond donors (Lipinski definition) is 4. The molecular formula is C54H58CaN4O10. The van der Waals surface area contributed by atoms with Crippen molar-refractivity contribution < 1.29 is 49.7 Å². The predicted molar refractivity (Wildman–Crippen MR) is 266 cm³/mol. The average Bonchev–Trinajstić information content (AvgIpc) is 4.27. The quantitative estimate of drug-likeness (QED) is 0.0654. The fourth-order valence-corrected chi connectivity index (χ4v) is 8.39. The van der Waals surface area contributed by atoms with Crippen molar-refractivity contribution in [2.75, 3.05) is 38.1 Å². The Kier molecular flexibility index (Phi) is 18.6. The number of nitrogens with zero attached hydrogens (tertiary/aromatic N) is 4. The van der Waals surface area contributed by atoms with Gasteiger partial charge in [0, 0.05) is 96.8 Å². The van der Waals surface area contributed by atoms with Crippen LogP contribution in [-0.4, -0.2) is 133 Å². The Morgan fingerprint density at radius 1 is 0.609 bits per heavy atom. The summed E-state index contributed by atoms with van der Waals surface area (Å²) >= 11 is 0. The standard InChI is InChI=1S/2C27H30N2O5.Ca/c2*1-29(18-9-12-21(34-2)13-10-18)27-22-5-3-4-6-24(22)28-26(17-7-8-17)23(27)14-11-19(30)15-20(31)16-25(32)33;/h2*3-6,9-14,17,19-20,30-31H,7-8,15-16H2,1-2H3,(H,32,33);/q;;+2/p-2/b2*14-11+;/t2*19-,20-;/m11./s1. The summed E-state index contributed by atoms with van der Waals surface area (Å²) in [6, 6.07) is 31.6. The summed E-state index contributed by atoms with van der Waals surface area (Å²) in [7, 11) is 7.26. The van der Waals surface area contributed by atoms with Gasteiger partial charge in [-0.15, -0.1) is 0 Å². The number of aliphatic hydroxyl groups excluding tert-OH is 4. The largest absolute Gasteiger partial charge is 2.00 e. The first-order chi connectivity index (χ1) is 32.7. The molecule has 2 fully saturated rings. The summed E-state index contributed by atoms with van der Waals surface area (Å²) in [5, 5.41) is 64.0. The van der Waals surface area contributed by atoms with Gasteiger partial charge in [-0.3, -0.25) is 9.97 Å². The van der Waals surface area contributed by atoms with E-state index >= 15 is 0 Å². The molecule has 69 heavy (non-hydrogen) atoms. The van der Waals surface area contributed by atoms with Crippen molar-refractivity contribution in [3.8, 4) is 11.5 Å². The van der Waals surface area contributed by atoms with Crippen LogP contribution < -0.4 is 29.5 Å². The predicted octanol–water partition coefficient (Wildman–Crippen LogP) is 5.93. The third kappa shape index (κ3) is 13.8. The van der Waals surface area contributed by atoms with Gasteiger partial charge in [-0.05, 0) is 86.3 Å². The van der Waals surface area contributed by atoms with E-state index in [4.69, 9.17) is 19.4 Å². The first-order valence-electron chi connectivity index (χ1n) is 22.8. The molecule has 2 aliphatic rings. The number of fused-ring (bicyclic) bond motifs is 2. The number of pyridine rings is 2. The normalized spacial score (nSPS) is 15.2. The number of carboxylic acids is 2. The van der Waals surface area contributed by atoms with Crippen LogP contribution in [0.15, 0.2) is 109 Å². The van der Waals surface area contributed by atoms with Crippen LogP contribution in [0.5, 0.6) is 11.5 Å². The molecule has 4 N–H and O–H groups in total. The van der Waals surface area contributed by atoms with Crippen molar-refractivity contribution in [1.82, 2.24) is 9.97 Å². The molecule has 15 heteroatoms. The Morgan fingerprint density at radius 2 is 0.957 bits per heavy atom. The molecule has 2 aromatic heterocycles. The molecule has 14 nitrogen and oxygen atoms in total. The summed E-state index contributed by atoms with van der Waals surface area (Å²) in [5.41, 5.74) is 9.47. The average molecular weight is 963 g/mol. The van der Waals surface area contributed by atoms with E-state index in [2.05, 4.69) is 9.80 Å². The summed E-state index contributed by atoms with van der Waals surface area (Å²) in [6.07, 6.45) is 5.56. The topological polar surface area (TPSA) is 212 Å². The molecule has 0 amide bonds.